The fraction of sp³-hybridized carbons (Fsp3) is 0.419. The molecule has 0 aliphatic carbocycles. The number of nitrogens with zero attached hydrogens (tertiary/aromatic N) is 7. The topological polar surface area (TPSA) is 81.4 Å². The highest BCUT2D eigenvalue weighted by atomic mass is 35.5. The van der Waals surface area contributed by atoms with Gasteiger partial charge in [-0.15, -0.1) is 0 Å². The summed E-state index contributed by atoms with van der Waals surface area (Å²) >= 11 is 6.57. The van der Waals surface area contributed by atoms with Gasteiger partial charge in [0.25, 0.3) is 0 Å². The van der Waals surface area contributed by atoms with Crippen molar-refractivity contribution in [3.8, 4) is 23.5 Å². The van der Waals surface area contributed by atoms with Crippen LogP contribution in [0, 0.1) is 17.3 Å². The molecule has 5 heterocycles. The van der Waals surface area contributed by atoms with Gasteiger partial charge in [0.15, 0.2) is 12.0 Å². The third-order valence-corrected chi connectivity index (χ3v) is 9.48. The highest BCUT2D eigenvalue weighted by Gasteiger charge is 2.49. The first kappa shape index (κ1) is 27.0. The Morgan fingerprint density at radius 1 is 1.19 bits per heavy atom. The van der Waals surface area contributed by atoms with E-state index in [1.54, 1.807) is 23.2 Å². The lowest BCUT2D eigenvalue weighted by atomic mass is 9.95. The molecule has 11 heteroatoms. The molecule has 2 aromatic carbocycles. The predicted molar refractivity (Wildman–Crippen MR) is 158 cm³/mol. The number of likely N-dealkylation sites (tertiary alicyclic amines) is 1. The second-order valence-electron chi connectivity index (χ2n) is 11.6. The molecule has 3 aliphatic rings. The molecule has 0 bridgehead atoms. The summed E-state index contributed by atoms with van der Waals surface area (Å²) < 4.78 is 37.2. The normalized spacial score (nSPS) is 23.9. The fourth-order valence-electron chi connectivity index (χ4n) is 7.00. The van der Waals surface area contributed by atoms with Gasteiger partial charge in [-0.2, -0.15) is 15.2 Å². The number of rotatable bonds is 6. The van der Waals surface area contributed by atoms with Crippen molar-refractivity contribution in [3.63, 3.8) is 0 Å². The van der Waals surface area contributed by atoms with E-state index >= 15 is 4.39 Å². The van der Waals surface area contributed by atoms with Crippen LogP contribution in [0.5, 0.6) is 6.01 Å². The summed E-state index contributed by atoms with van der Waals surface area (Å²) in [6.45, 7) is 2.65. The molecule has 216 valence electrons. The minimum absolute atomic E-state index is 0.0127. The number of anilines is 1. The summed E-state index contributed by atoms with van der Waals surface area (Å²) in [5.41, 5.74) is 0.382. The van der Waals surface area contributed by atoms with E-state index in [2.05, 4.69) is 21.1 Å². The monoisotopic (exact) mass is 589 g/mol. The Bertz CT molecular complexity index is 1730. The van der Waals surface area contributed by atoms with Gasteiger partial charge in [-0.3, -0.25) is 9.88 Å². The van der Waals surface area contributed by atoms with Gasteiger partial charge >= 0.3 is 6.01 Å². The van der Waals surface area contributed by atoms with Crippen LogP contribution < -0.4 is 9.64 Å². The number of benzene rings is 2. The first-order chi connectivity index (χ1) is 20.4. The van der Waals surface area contributed by atoms with Gasteiger partial charge in [-0.1, -0.05) is 41.9 Å². The van der Waals surface area contributed by atoms with E-state index in [1.165, 1.54) is 0 Å². The number of likely N-dealkylation sites (N-methyl/N-ethyl adjacent to an activating group) is 1. The molecule has 4 aromatic rings. The maximum Gasteiger partial charge on any atom is 0.319 e. The number of halogens is 3. The van der Waals surface area contributed by atoms with Crippen molar-refractivity contribution in [1.82, 2.24) is 24.8 Å². The van der Waals surface area contributed by atoms with Gasteiger partial charge in [-0.25, -0.2) is 8.78 Å². The van der Waals surface area contributed by atoms with E-state index < -0.39 is 17.5 Å². The quantitative estimate of drug-likeness (QED) is 0.270. The van der Waals surface area contributed by atoms with Crippen molar-refractivity contribution in [2.75, 3.05) is 44.7 Å². The van der Waals surface area contributed by atoms with E-state index in [-0.39, 0.29) is 29.9 Å². The number of fused-ring (bicyclic) bond motifs is 3. The SMILES string of the molecule is CN(c1nc(OC[C@@]23CCCN2C[C@H](F)C3)nc2c(F)c(-c3cccc4cccc(Cl)c34)ncc12)[C@@H]1CCN(C#N)C1. The van der Waals surface area contributed by atoms with Crippen molar-refractivity contribution in [2.45, 2.75) is 43.4 Å². The van der Waals surface area contributed by atoms with Gasteiger partial charge in [0.05, 0.1) is 17.0 Å². The second kappa shape index (κ2) is 10.5. The average Bonchev–Trinajstić information content (AvgIpc) is 3.70. The molecule has 3 aliphatic heterocycles. The van der Waals surface area contributed by atoms with Crippen LogP contribution in [0.3, 0.4) is 0 Å². The zero-order valence-electron chi connectivity index (χ0n) is 23.2. The molecular formula is C31H30ClF2N7O. The molecule has 7 rings (SSSR count). The van der Waals surface area contributed by atoms with Gasteiger partial charge in [0.2, 0.25) is 0 Å². The van der Waals surface area contributed by atoms with Crippen LogP contribution in [-0.2, 0) is 0 Å². The maximum absolute atomic E-state index is 16.6. The molecule has 0 radical (unpaired) electrons. The molecule has 3 atom stereocenters. The van der Waals surface area contributed by atoms with Crippen molar-refractivity contribution in [2.24, 2.45) is 0 Å². The highest BCUT2D eigenvalue weighted by molar-refractivity contribution is 6.36. The van der Waals surface area contributed by atoms with Crippen molar-refractivity contribution < 1.29 is 13.5 Å². The first-order valence-corrected chi connectivity index (χ1v) is 14.7. The van der Waals surface area contributed by atoms with Gasteiger partial charge < -0.3 is 14.5 Å². The Morgan fingerprint density at radius 2 is 2.02 bits per heavy atom. The molecule has 0 unspecified atom stereocenters. The predicted octanol–water partition coefficient (Wildman–Crippen LogP) is 5.58. The molecule has 0 N–H and O–H groups in total. The van der Waals surface area contributed by atoms with Crippen LogP contribution in [0.15, 0.2) is 42.6 Å². The molecule has 0 amide bonds. The lowest BCUT2D eigenvalue weighted by Crippen LogP contribution is -2.43. The van der Waals surface area contributed by atoms with E-state index in [0.29, 0.717) is 53.2 Å². The van der Waals surface area contributed by atoms with Crippen LogP contribution in [0.25, 0.3) is 32.9 Å². The number of hydrogen-bond donors (Lipinski definition) is 0. The lowest BCUT2D eigenvalue weighted by molar-refractivity contribution is 0.107. The van der Waals surface area contributed by atoms with Gasteiger partial charge in [0, 0.05) is 55.3 Å². The molecule has 0 saturated carbocycles. The number of alkyl halides is 1. The van der Waals surface area contributed by atoms with Crippen LogP contribution in [0.4, 0.5) is 14.6 Å². The van der Waals surface area contributed by atoms with Crippen molar-refractivity contribution >= 4 is 39.1 Å². The molecule has 42 heavy (non-hydrogen) atoms. The summed E-state index contributed by atoms with van der Waals surface area (Å²) in [5.74, 6) is -0.124. The third-order valence-electron chi connectivity index (χ3n) is 9.17. The van der Waals surface area contributed by atoms with Crippen LogP contribution in [0.2, 0.25) is 5.02 Å². The molecular weight excluding hydrogens is 560 g/mol. The second-order valence-corrected chi connectivity index (χ2v) is 12.0. The fourth-order valence-corrected chi connectivity index (χ4v) is 7.29. The first-order valence-electron chi connectivity index (χ1n) is 14.3. The number of pyridine rings is 1. The van der Waals surface area contributed by atoms with Gasteiger partial charge in [0.1, 0.15) is 29.8 Å². The van der Waals surface area contributed by atoms with Gasteiger partial charge in [-0.05, 0) is 37.3 Å². The Hall–Kier alpha value is -3.81. The Labute approximate surface area is 247 Å². The number of nitriles is 1. The third kappa shape index (κ3) is 4.46. The number of ether oxygens (including phenoxy) is 1. The molecule has 0 spiro atoms. The summed E-state index contributed by atoms with van der Waals surface area (Å²) in [6.07, 6.45) is 5.89. The minimum atomic E-state index is -0.892. The largest absolute Gasteiger partial charge is 0.461 e. The average molecular weight is 590 g/mol. The maximum atomic E-state index is 16.6. The van der Waals surface area contributed by atoms with E-state index in [9.17, 15) is 9.65 Å². The Balaban J connectivity index is 1.34. The van der Waals surface area contributed by atoms with E-state index in [4.69, 9.17) is 21.3 Å². The van der Waals surface area contributed by atoms with Crippen LogP contribution in [0.1, 0.15) is 25.7 Å². The molecule has 3 saturated heterocycles. The zero-order valence-corrected chi connectivity index (χ0v) is 24.0. The van der Waals surface area contributed by atoms with Crippen LogP contribution in [-0.4, -0.2) is 82.3 Å². The van der Waals surface area contributed by atoms with E-state index in [1.807, 2.05) is 36.2 Å². The molecule has 2 aromatic heterocycles. The summed E-state index contributed by atoms with van der Waals surface area (Å²) in [6, 6.07) is 11.1. The molecule has 8 nitrogen and oxygen atoms in total. The minimum Gasteiger partial charge on any atom is -0.461 e. The summed E-state index contributed by atoms with van der Waals surface area (Å²) in [5, 5.41) is 11.9. The zero-order chi connectivity index (χ0) is 29.0. The summed E-state index contributed by atoms with van der Waals surface area (Å²) in [4.78, 5) is 19.7. The Kier molecular flexibility index (Phi) is 6.75. The summed E-state index contributed by atoms with van der Waals surface area (Å²) in [7, 11) is 1.88. The standard InChI is InChI=1S/C31H30ClF2N7O/c1-39(21-9-12-40(16-21)18-35)29-23-14-36-27(22-7-2-5-19-6-3-8-24(32)25(19)22)26(34)28(23)37-30(38-29)42-17-31-10-4-11-41(31)15-20(33)13-31/h2-3,5-8,14,20-21H,4,9-13,15-17H2,1H3/t20-,21-,31+/m1/s1. The van der Waals surface area contributed by atoms with E-state index in [0.717, 1.165) is 31.2 Å². The number of hydrogen-bond acceptors (Lipinski definition) is 8. The van der Waals surface area contributed by atoms with Crippen LogP contribution >= 0.6 is 11.6 Å². The van der Waals surface area contributed by atoms with Crippen molar-refractivity contribution in [3.05, 3.63) is 53.4 Å². The lowest BCUT2D eigenvalue weighted by Gasteiger charge is -2.31. The van der Waals surface area contributed by atoms with Crippen molar-refractivity contribution in [1.29, 1.82) is 5.26 Å². The Morgan fingerprint density at radius 3 is 2.83 bits per heavy atom. The smallest absolute Gasteiger partial charge is 0.319 e. The number of aromatic nitrogens is 3. The highest BCUT2D eigenvalue weighted by Crippen LogP contribution is 2.41. The molecule has 3 fully saturated rings.